The zero-order valence-electron chi connectivity index (χ0n) is 11.0. The van der Waals surface area contributed by atoms with Gasteiger partial charge in [-0.05, 0) is 24.3 Å². The van der Waals surface area contributed by atoms with Crippen LogP contribution >= 0.6 is 34.8 Å². The molecule has 1 heterocycles. The molecular formula is C12H13Cl3O5S. The van der Waals surface area contributed by atoms with E-state index in [0.29, 0.717) is 11.5 Å². The molecule has 21 heavy (non-hydrogen) atoms. The Balaban J connectivity index is 1.89. The van der Waals surface area contributed by atoms with Crippen molar-refractivity contribution in [3.05, 3.63) is 24.3 Å². The maximum absolute atomic E-state index is 11.5. The number of alkyl halides is 3. The van der Waals surface area contributed by atoms with Crippen molar-refractivity contribution in [3.8, 4) is 11.5 Å². The van der Waals surface area contributed by atoms with Crippen LogP contribution in [-0.4, -0.2) is 37.3 Å². The Morgan fingerprint density at radius 2 is 1.76 bits per heavy atom. The maximum atomic E-state index is 11.5. The van der Waals surface area contributed by atoms with E-state index >= 15 is 0 Å². The van der Waals surface area contributed by atoms with Gasteiger partial charge < -0.3 is 9.47 Å². The van der Waals surface area contributed by atoms with E-state index in [4.69, 9.17) is 44.3 Å². The summed E-state index contributed by atoms with van der Waals surface area (Å²) in [5.41, 5.74) is 0. The fourth-order valence-electron chi connectivity index (χ4n) is 1.90. The van der Waals surface area contributed by atoms with Gasteiger partial charge in [-0.25, -0.2) is 0 Å². The highest BCUT2D eigenvalue weighted by Crippen LogP contribution is 2.44. The van der Waals surface area contributed by atoms with Crippen LogP contribution in [0, 0.1) is 0 Å². The van der Waals surface area contributed by atoms with Gasteiger partial charge in [-0.3, -0.25) is 4.18 Å². The summed E-state index contributed by atoms with van der Waals surface area (Å²) in [6.45, 7) is 0.164. The van der Waals surface area contributed by atoms with Crippen molar-refractivity contribution < 1.29 is 22.1 Å². The van der Waals surface area contributed by atoms with E-state index in [0.717, 1.165) is 0 Å². The zero-order valence-corrected chi connectivity index (χ0v) is 14.0. The van der Waals surface area contributed by atoms with E-state index in [9.17, 15) is 8.42 Å². The lowest BCUT2D eigenvalue weighted by Crippen LogP contribution is -2.56. The molecule has 5 nitrogen and oxygen atoms in total. The summed E-state index contributed by atoms with van der Waals surface area (Å²) in [7, 11) is -2.11. The quantitative estimate of drug-likeness (QED) is 0.585. The van der Waals surface area contributed by atoms with Crippen LogP contribution in [0.3, 0.4) is 0 Å². The minimum absolute atomic E-state index is 0.164. The molecule has 1 saturated heterocycles. The Morgan fingerprint density at radius 1 is 1.19 bits per heavy atom. The van der Waals surface area contributed by atoms with Crippen LogP contribution in [-0.2, 0) is 14.3 Å². The summed E-state index contributed by atoms with van der Waals surface area (Å²) in [6, 6.07) is 6.92. The SMILES string of the molecule is COc1ccc(OCC[C@H]2[C@@H](C(Cl)(Cl)Cl)OS2(=O)=O)cc1. The van der Waals surface area contributed by atoms with Crippen molar-refractivity contribution in [3.63, 3.8) is 0 Å². The molecule has 0 amide bonds. The van der Waals surface area contributed by atoms with Crippen LogP contribution in [0.25, 0.3) is 0 Å². The van der Waals surface area contributed by atoms with Gasteiger partial charge in [0.2, 0.25) is 3.79 Å². The second-order valence-electron chi connectivity index (χ2n) is 4.40. The van der Waals surface area contributed by atoms with Crippen LogP contribution in [0.4, 0.5) is 0 Å². The lowest BCUT2D eigenvalue weighted by atomic mass is 10.2. The van der Waals surface area contributed by atoms with Crippen molar-refractivity contribution in [2.24, 2.45) is 0 Å². The molecule has 0 unspecified atom stereocenters. The van der Waals surface area contributed by atoms with Gasteiger partial charge in [0.25, 0.3) is 10.1 Å². The van der Waals surface area contributed by atoms with Gasteiger partial charge in [-0.15, -0.1) is 0 Å². The van der Waals surface area contributed by atoms with E-state index in [1.165, 1.54) is 0 Å². The predicted molar refractivity (Wildman–Crippen MR) is 81.0 cm³/mol. The zero-order chi connectivity index (χ0) is 15.7. The molecule has 9 heteroatoms. The van der Waals surface area contributed by atoms with Gasteiger partial charge >= 0.3 is 0 Å². The Kier molecular flexibility index (Phi) is 5.15. The van der Waals surface area contributed by atoms with Gasteiger partial charge in [0.05, 0.1) is 13.7 Å². The third kappa shape index (κ3) is 4.07. The van der Waals surface area contributed by atoms with Gasteiger partial charge in [0.1, 0.15) is 22.9 Å². The van der Waals surface area contributed by atoms with Gasteiger partial charge in [0, 0.05) is 6.42 Å². The number of ether oxygens (including phenoxy) is 2. The average Bonchev–Trinajstić information content (AvgIpc) is 2.41. The molecule has 0 spiro atoms. The minimum atomic E-state index is -3.67. The molecule has 2 rings (SSSR count). The highest BCUT2D eigenvalue weighted by molar-refractivity contribution is 7.88. The van der Waals surface area contributed by atoms with E-state index < -0.39 is 25.3 Å². The third-order valence-electron chi connectivity index (χ3n) is 3.00. The summed E-state index contributed by atoms with van der Waals surface area (Å²) in [4.78, 5) is 0. The largest absolute Gasteiger partial charge is 0.497 e. The van der Waals surface area contributed by atoms with Crippen LogP contribution in [0.15, 0.2) is 24.3 Å². The van der Waals surface area contributed by atoms with Gasteiger partial charge in [0.15, 0.2) is 0 Å². The lowest BCUT2D eigenvalue weighted by Gasteiger charge is -2.39. The van der Waals surface area contributed by atoms with Crippen LogP contribution < -0.4 is 9.47 Å². The second-order valence-corrected chi connectivity index (χ2v) is 8.55. The molecule has 0 bridgehead atoms. The highest BCUT2D eigenvalue weighted by atomic mass is 35.6. The maximum Gasteiger partial charge on any atom is 0.273 e. The van der Waals surface area contributed by atoms with E-state index in [1.807, 2.05) is 0 Å². The first-order chi connectivity index (χ1) is 9.74. The predicted octanol–water partition coefficient (Wildman–Crippen LogP) is 2.93. The van der Waals surface area contributed by atoms with E-state index in [-0.39, 0.29) is 13.0 Å². The number of rotatable bonds is 5. The Morgan fingerprint density at radius 3 is 2.24 bits per heavy atom. The minimum Gasteiger partial charge on any atom is -0.497 e. The molecular weight excluding hydrogens is 363 g/mol. The fraction of sp³-hybridized carbons (Fsp3) is 0.500. The molecule has 1 aliphatic heterocycles. The van der Waals surface area contributed by atoms with Gasteiger partial charge in [-0.2, -0.15) is 8.42 Å². The number of hydrogen-bond donors (Lipinski definition) is 0. The van der Waals surface area contributed by atoms with Crippen molar-refractivity contribution >= 4 is 44.9 Å². The van der Waals surface area contributed by atoms with Crippen molar-refractivity contribution in [2.75, 3.05) is 13.7 Å². The van der Waals surface area contributed by atoms with E-state index in [2.05, 4.69) is 4.18 Å². The first-order valence-corrected chi connectivity index (χ1v) is 8.60. The topological polar surface area (TPSA) is 61.8 Å². The molecule has 0 radical (unpaired) electrons. The monoisotopic (exact) mass is 374 g/mol. The summed E-state index contributed by atoms with van der Waals surface area (Å²) >= 11 is 17.0. The van der Waals surface area contributed by atoms with Crippen LogP contribution in [0.5, 0.6) is 11.5 Å². The first kappa shape index (κ1) is 17.0. The molecule has 1 aromatic carbocycles. The van der Waals surface area contributed by atoms with Crippen LogP contribution in [0.1, 0.15) is 6.42 Å². The Bertz CT molecular complexity index is 582. The molecule has 1 aromatic rings. The van der Waals surface area contributed by atoms with Crippen molar-refractivity contribution in [2.45, 2.75) is 21.6 Å². The van der Waals surface area contributed by atoms with Crippen molar-refractivity contribution in [1.29, 1.82) is 0 Å². The summed E-state index contributed by atoms with van der Waals surface area (Å²) in [5.74, 6) is 1.30. The van der Waals surface area contributed by atoms with Gasteiger partial charge in [-0.1, -0.05) is 34.8 Å². The number of hydrogen-bond acceptors (Lipinski definition) is 5. The normalized spacial score (nSPS) is 24.2. The summed E-state index contributed by atoms with van der Waals surface area (Å²) in [6.07, 6.45) is -0.806. The molecule has 0 aliphatic carbocycles. The molecule has 118 valence electrons. The highest BCUT2D eigenvalue weighted by Gasteiger charge is 2.56. The fourth-order valence-corrected chi connectivity index (χ4v) is 4.36. The lowest BCUT2D eigenvalue weighted by molar-refractivity contribution is 0.128. The second kappa shape index (κ2) is 6.38. The molecule has 0 N–H and O–H groups in total. The number of benzene rings is 1. The molecule has 1 fully saturated rings. The molecule has 1 aliphatic rings. The van der Waals surface area contributed by atoms with Crippen LogP contribution in [0.2, 0.25) is 0 Å². The summed E-state index contributed by atoms with van der Waals surface area (Å²) in [5, 5.41) is -0.886. The molecule has 0 aromatic heterocycles. The smallest absolute Gasteiger partial charge is 0.273 e. The number of halogens is 3. The Hall–Kier alpha value is -0.400. The van der Waals surface area contributed by atoms with Crippen molar-refractivity contribution in [1.82, 2.24) is 0 Å². The van der Waals surface area contributed by atoms with E-state index in [1.54, 1.807) is 31.4 Å². The molecule has 2 atom stereocenters. The standard InChI is InChI=1S/C12H13Cl3O5S/c1-18-8-2-4-9(5-3-8)19-7-6-10-11(12(13,14)15)20-21(10,16)17/h2-5,10-11H,6-7H2,1H3/t10-,11-/m0/s1. The Labute approximate surface area is 138 Å². The average molecular weight is 376 g/mol. The third-order valence-corrected chi connectivity index (χ3v) is 5.34. The number of methoxy groups -OCH3 is 1. The first-order valence-electron chi connectivity index (χ1n) is 6.00. The molecule has 0 saturated carbocycles. The summed E-state index contributed by atoms with van der Waals surface area (Å²) < 4.78 is 36.4.